The van der Waals surface area contributed by atoms with Crippen LogP contribution in [-0.4, -0.2) is 46.7 Å². The largest absolute Gasteiger partial charge is 0.497 e. The zero-order chi connectivity index (χ0) is 17.6. The smallest absolute Gasteiger partial charge is 0.317 e. The molecule has 6 nitrogen and oxygen atoms in total. The van der Waals surface area contributed by atoms with Crippen molar-refractivity contribution in [3.63, 3.8) is 0 Å². The third-order valence-corrected chi connectivity index (χ3v) is 4.37. The molecule has 1 N–H and O–H groups in total. The number of carbonyl (C=O) groups excluding carboxylic acids is 1. The number of imidazole rings is 1. The zero-order valence-electron chi connectivity index (χ0n) is 14.7. The maximum absolute atomic E-state index is 12.4. The van der Waals surface area contributed by atoms with Crippen molar-refractivity contribution in [2.24, 2.45) is 0 Å². The summed E-state index contributed by atoms with van der Waals surface area (Å²) in [5.41, 5.74) is 2.47. The number of nitrogens with one attached hydrogen (secondary N) is 1. The van der Waals surface area contributed by atoms with E-state index < -0.39 is 0 Å². The van der Waals surface area contributed by atoms with Gasteiger partial charge in [-0.2, -0.15) is 0 Å². The Morgan fingerprint density at radius 3 is 2.76 bits per heavy atom. The molecule has 3 rings (SSSR count). The van der Waals surface area contributed by atoms with Gasteiger partial charge in [-0.05, 0) is 36.6 Å². The lowest BCUT2D eigenvalue weighted by Crippen LogP contribution is -2.46. The number of hydrogen-bond donors (Lipinski definition) is 1. The van der Waals surface area contributed by atoms with Gasteiger partial charge in [0.15, 0.2) is 0 Å². The maximum atomic E-state index is 12.4. The molecule has 1 atom stereocenters. The van der Waals surface area contributed by atoms with Crippen molar-refractivity contribution >= 4 is 11.6 Å². The fraction of sp³-hybridized carbons (Fsp3) is 0.368. The fourth-order valence-electron chi connectivity index (χ4n) is 2.98. The summed E-state index contributed by atoms with van der Waals surface area (Å²) in [6.07, 6.45) is 8.38. The Bertz CT molecular complexity index is 722. The van der Waals surface area contributed by atoms with E-state index in [0.29, 0.717) is 13.1 Å². The van der Waals surface area contributed by atoms with Crippen molar-refractivity contribution in [2.75, 3.05) is 20.2 Å². The summed E-state index contributed by atoms with van der Waals surface area (Å²) in [6, 6.07) is 8.09. The Balaban J connectivity index is 1.53. The van der Waals surface area contributed by atoms with E-state index in [-0.39, 0.29) is 12.1 Å². The number of rotatable bonds is 5. The summed E-state index contributed by atoms with van der Waals surface area (Å²) < 4.78 is 7.15. The minimum absolute atomic E-state index is 0.0161. The van der Waals surface area contributed by atoms with Gasteiger partial charge in [-0.15, -0.1) is 0 Å². The molecule has 1 aromatic heterocycles. The second-order valence-corrected chi connectivity index (χ2v) is 6.26. The van der Waals surface area contributed by atoms with Crippen LogP contribution in [0.3, 0.4) is 0 Å². The first-order valence-electron chi connectivity index (χ1n) is 8.50. The Hall–Kier alpha value is -2.76. The van der Waals surface area contributed by atoms with E-state index in [1.54, 1.807) is 19.6 Å². The molecule has 1 aliphatic rings. The molecule has 132 valence electrons. The second-order valence-electron chi connectivity index (χ2n) is 6.26. The van der Waals surface area contributed by atoms with Crippen molar-refractivity contribution in [1.29, 1.82) is 0 Å². The molecule has 25 heavy (non-hydrogen) atoms. The van der Waals surface area contributed by atoms with Gasteiger partial charge in [0.25, 0.3) is 0 Å². The molecule has 2 amide bonds. The average Bonchev–Trinajstić information content (AvgIpc) is 3.14. The number of nitrogens with zero attached hydrogens (tertiary/aromatic N) is 3. The first-order valence-corrected chi connectivity index (χ1v) is 8.50. The number of amides is 2. The number of ether oxygens (including phenoxy) is 1. The van der Waals surface area contributed by atoms with E-state index in [4.69, 9.17) is 4.74 Å². The zero-order valence-corrected chi connectivity index (χ0v) is 14.7. The van der Waals surface area contributed by atoms with Gasteiger partial charge in [0, 0.05) is 38.1 Å². The lowest BCUT2D eigenvalue weighted by Gasteiger charge is -2.28. The topological polar surface area (TPSA) is 59.4 Å². The summed E-state index contributed by atoms with van der Waals surface area (Å²) in [6.45, 7) is 4.07. The van der Waals surface area contributed by atoms with Gasteiger partial charge >= 0.3 is 6.03 Å². The molecule has 0 saturated carbocycles. The van der Waals surface area contributed by atoms with Crippen molar-refractivity contribution in [1.82, 2.24) is 19.8 Å². The van der Waals surface area contributed by atoms with Crippen LogP contribution in [0.2, 0.25) is 0 Å². The molecular formula is C19H24N4O2. The van der Waals surface area contributed by atoms with Crippen molar-refractivity contribution in [2.45, 2.75) is 25.9 Å². The Morgan fingerprint density at radius 2 is 2.16 bits per heavy atom. The summed E-state index contributed by atoms with van der Waals surface area (Å²) in [7, 11) is 1.67. The molecule has 0 saturated heterocycles. The van der Waals surface area contributed by atoms with Crippen LogP contribution >= 0.6 is 0 Å². The van der Waals surface area contributed by atoms with Crippen LogP contribution in [0, 0.1) is 0 Å². The normalized spacial score (nSPS) is 15.4. The van der Waals surface area contributed by atoms with E-state index in [1.807, 2.05) is 34.7 Å². The number of benzene rings is 1. The molecule has 1 aromatic carbocycles. The lowest BCUT2D eigenvalue weighted by molar-refractivity contribution is 0.198. The molecule has 1 unspecified atom stereocenters. The van der Waals surface area contributed by atoms with Gasteiger partial charge in [-0.3, -0.25) is 0 Å². The van der Waals surface area contributed by atoms with Crippen LogP contribution < -0.4 is 10.1 Å². The average molecular weight is 340 g/mol. The van der Waals surface area contributed by atoms with Crippen molar-refractivity contribution in [3.8, 4) is 5.75 Å². The van der Waals surface area contributed by atoms with Crippen LogP contribution in [0.25, 0.3) is 5.57 Å². The van der Waals surface area contributed by atoms with E-state index in [0.717, 1.165) is 18.7 Å². The third-order valence-electron chi connectivity index (χ3n) is 4.37. The number of urea groups is 1. The van der Waals surface area contributed by atoms with E-state index >= 15 is 0 Å². The third kappa shape index (κ3) is 4.41. The van der Waals surface area contributed by atoms with Gasteiger partial charge in [0.05, 0.1) is 13.4 Å². The highest BCUT2D eigenvalue weighted by Gasteiger charge is 2.19. The number of hydrogen-bond acceptors (Lipinski definition) is 3. The van der Waals surface area contributed by atoms with Gasteiger partial charge in [0.2, 0.25) is 0 Å². The summed E-state index contributed by atoms with van der Waals surface area (Å²) in [4.78, 5) is 18.3. The molecule has 0 radical (unpaired) electrons. The fourth-order valence-corrected chi connectivity index (χ4v) is 2.98. The first kappa shape index (κ1) is 17.1. The summed E-state index contributed by atoms with van der Waals surface area (Å²) >= 11 is 0. The molecular weight excluding hydrogens is 316 g/mol. The minimum atomic E-state index is -0.0161. The highest BCUT2D eigenvalue weighted by Crippen LogP contribution is 2.24. The highest BCUT2D eigenvalue weighted by molar-refractivity contribution is 5.77. The van der Waals surface area contributed by atoms with Crippen LogP contribution in [0.1, 0.15) is 18.9 Å². The van der Waals surface area contributed by atoms with E-state index in [2.05, 4.69) is 28.5 Å². The molecule has 0 aliphatic carbocycles. The molecule has 2 aromatic rings. The summed E-state index contributed by atoms with van der Waals surface area (Å²) in [5, 5.41) is 3.05. The molecule has 2 heterocycles. The predicted octanol–water partition coefficient (Wildman–Crippen LogP) is 2.78. The molecule has 1 aliphatic heterocycles. The van der Waals surface area contributed by atoms with Gasteiger partial charge in [-0.25, -0.2) is 9.78 Å². The van der Waals surface area contributed by atoms with Gasteiger partial charge in [-0.1, -0.05) is 18.2 Å². The van der Waals surface area contributed by atoms with Crippen molar-refractivity contribution < 1.29 is 9.53 Å². The minimum Gasteiger partial charge on any atom is -0.497 e. The van der Waals surface area contributed by atoms with Crippen LogP contribution in [0.5, 0.6) is 5.75 Å². The van der Waals surface area contributed by atoms with Gasteiger partial charge in [0.1, 0.15) is 5.75 Å². The Labute approximate surface area is 148 Å². The number of aromatic nitrogens is 2. The first-order chi connectivity index (χ1) is 12.2. The maximum Gasteiger partial charge on any atom is 0.317 e. The van der Waals surface area contributed by atoms with Crippen molar-refractivity contribution in [3.05, 3.63) is 54.6 Å². The van der Waals surface area contributed by atoms with E-state index in [9.17, 15) is 4.79 Å². The Kier molecular flexibility index (Phi) is 5.38. The summed E-state index contributed by atoms with van der Waals surface area (Å²) in [5.74, 6) is 0.855. The highest BCUT2D eigenvalue weighted by atomic mass is 16.5. The number of methoxy groups -OCH3 is 1. The molecule has 6 heteroatoms. The molecule has 0 fully saturated rings. The predicted molar refractivity (Wildman–Crippen MR) is 97.4 cm³/mol. The molecule has 0 spiro atoms. The molecule has 0 bridgehead atoms. The van der Waals surface area contributed by atoms with E-state index in [1.165, 1.54) is 11.1 Å². The monoisotopic (exact) mass is 340 g/mol. The van der Waals surface area contributed by atoms with Gasteiger partial charge < -0.3 is 19.5 Å². The standard InChI is InChI=1S/C19H24N4O2/c1-15(13-22-12-9-20-14-22)21-19(24)23-10-7-17(8-11-23)16-3-5-18(25-2)6-4-16/h3-7,9,12,14-15H,8,10-11,13H2,1-2H3,(H,21,24). The van der Waals surface area contributed by atoms with Crippen LogP contribution in [0.4, 0.5) is 4.79 Å². The second kappa shape index (κ2) is 7.88. The van der Waals surface area contributed by atoms with Crippen LogP contribution in [0.15, 0.2) is 49.1 Å². The quantitative estimate of drug-likeness (QED) is 0.910. The lowest BCUT2D eigenvalue weighted by atomic mass is 9.99. The SMILES string of the molecule is COc1ccc(C2=CCN(C(=O)NC(C)Cn3ccnc3)CC2)cc1. The number of carbonyl (C=O) groups is 1. The van der Waals surface area contributed by atoms with Crippen LogP contribution in [-0.2, 0) is 6.54 Å². The Morgan fingerprint density at radius 1 is 1.36 bits per heavy atom.